The summed E-state index contributed by atoms with van der Waals surface area (Å²) in [5.41, 5.74) is 7.37. The van der Waals surface area contributed by atoms with Gasteiger partial charge < -0.3 is 24.6 Å². The third kappa shape index (κ3) is 6.31. The number of para-hydroxylation sites is 1. The van der Waals surface area contributed by atoms with Gasteiger partial charge in [0.15, 0.2) is 5.78 Å². The van der Waals surface area contributed by atoms with Crippen molar-refractivity contribution in [1.82, 2.24) is 24.3 Å². The van der Waals surface area contributed by atoms with Crippen LogP contribution in [0.2, 0.25) is 0 Å². The normalized spacial score (nSPS) is 13.5. The third-order valence-corrected chi connectivity index (χ3v) is 9.10. The van der Waals surface area contributed by atoms with Crippen molar-refractivity contribution in [2.45, 2.75) is 20.4 Å². The summed E-state index contributed by atoms with van der Waals surface area (Å²) >= 11 is 0. The molecule has 0 radical (unpaired) electrons. The summed E-state index contributed by atoms with van der Waals surface area (Å²) in [4.78, 5) is 43.0. The highest BCUT2D eigenvalue weighted by Crippen LogP contribution is 2.37. The van der Waals surface area contributed by atoms with Gasteiger partial charge in [-0.05, 0) is 67.9 Å². The summed E-state index contributed by atoms with van der Waals surface area (Å²) in [6.07, 6.45) is 4.88. The maximum Gasteiger partial charge on any atom is 0.257 e. The highest BCUT2D eigenvalue weighted by atomic mass is 19.1. The topological polar surface area (TPSA) is 86.6 Å². The fourth-order valence-electron chi connectivity index (χ4n) is 6.47. The van der Waals surface area contributed by atoms with E-state index in [1.165, 1.54) is 18.2 Å². The van der Waals surface area contributed by atoms with Gasteiger partial charge in [0.2, 0.25) is 5.95 Å². The predicted octanol–water partition coefficient (Wildman–Crippen LogP) is 6.53. The molecule has 5 aromatic rings. The molecular weight excluding hydrogens is 605 g/mol. The van der Waals surface area contributed by atoms with Gasteiger partial charge in [0.1, 0.15) is 5.82 Å². The quantitative estimate of drug-likeness (QED) is 0.144. The Morgan fingerprint density at radius 3 is 2.46 bits per heavy atom. The van der Waals surface area contributed by atoms with E-state index in [4.69, 9.17) is 4.98 Å². The number of benzene rings is 3. The molecule has 1 amide bonds. The van der Waals surface area contributed by atoms with Crippen molar-refractivity contribution in [3.05, 3.63) is 113 Å². The summed E-state index contributed by atoms with van der Waals surface area (Å²) in [6, 6.07) is 16.1. The van der Waals surface area contributed by atoms with Crippen molar-refractivity contribution in [2.24, 2.45) is 7.05 Å². The van der Waals surface area contributed by atoms with Crippen LogP contribution in [0, 0.1) is 19.7 Å². The summed E-state index contributed by atoms with van der Waals surface area (Å²) in [5, 5.41) is 4.32. The van der Waals surface area contributed by atoms with Crippen LogP contribution in [0.3, 0.4) is 0 Å². The lowest BCUT2D eigenvalue weighted by Gasteiger charge is -2.36. The number of rotatable bonds is 9. The lowest BCUT2D eigenvalue weighted by atomic mass is 9.95. The second-order valence-electron chi connectivity index (χ2n) is 12.5. The van der Waals surface area contributed by atoms with E-state index in [1.54, 1.807) is 30.3 Å². The van der Waals surface area contributed by atoms with E-state index in [1.807, 2.05) is 62.0 Å². The lowest BCUT2D eigenvalue weighted by Crippen LogP contribution is -2.45. The molecule has 0 unspecified atom stereocenters. The van der Waals surface area contributed by atoms with Gasteiger partial charge in [-0.15, -0.1) is 0 Å². The number of halogens is 1. The number of nitrogens with zero attached hydrogens (tertiary/aromatic N) is 6. The molecule has 1 aliphatic heterocycles. The van der Waals surface area contributed by atoms with E-state index in [0.29, 0.717) is 28.5 Å². The van der Waals surface area contributed by atoms with Gasteiger partial charge in [-0.2, -0.15) is 0 Å². The molecule has 0 saturated carbocycles. The maximum absolute atomic E-state index is 14.0. The zero-order valence-electron chi connectivity index (χ0n) is 28.0. The monoisotopic (exact) mass is 645 g/mol. The molecule has 1 N–H and O–H groups in total. The number of aromatic nitrogens is 3. The number of allylic oxidation sites excluding steroid dienone is 1. The smallest absolute Gasteiger partial charge is 0.257 e. The first-order valence-corrected chi connectivity index (χ1v) is 16.0. The Morgan fingerprint density at radius 2 is 1.75 bits per heavy atom. The molecule has 6 rings (SSSR count). The number of piperazine rings is 1. The van der Waals surface area contributed by atoms with Crippen LogP contribution in [-0.2, 0) is 13.6 Å². The number of fused-ring (bicyclic) bond motifs is 1. The molecule has 48 heavy (non-hydrogen) atoms. The number of nitrogens with one attached hydrogen (secondary N) is 1. The molecule has 1 fully saturated rings. The van der Waals surface area contributed by atoms with Gasteiger partial charge in [0, 0.05) is 81.4 Å². The Kier molecular flexibility index (Phi) is 9.10. The molecule has 10 heteroatoms. The van der Waals surface area contributed by atoms with Crippen molar-refractivity contribution >= 4 is 39.9 Å². The molecule has 1 saturated heterocycles. The minimum atomic E-state index is -0.331. The van der Waals surface area contributed by atoms with E-state index in [-0.39, 0.29) is 24.1 Å². The van der Waals surface area contributed by atoms with Crippen LogP contribution in [0.4, 0.5) is 21.7 Å². The van der Waals surface area contributed by atoms with Crippen molar-refractivity contribution in [3.63, 3.8) is 0 Å². The third-order valence-electron chi connectivity index (χ3n) is 9.10. The second kappa shape index (κ2) is 13.4. The minimum absolute atomic E-state index is 0.143. The maximum atomic E-state index is 14.0. The molecular formula is C38H40FN7O2. The number of carbonyl (C=O) groups excluding carboxylic acids is 2. The molecule has 1 aliphatic rings. The van der Waals surface area contributed by atoms with Crippen molar-refractivity contribution in [2.75, 3.05) is 50.5 Å². The average Bonchev–Trinajstić information content (AvgIpc) is 3.43. The zero-order chi connectivity index (χ0) is 34.1. The number of anilines is 3. The summed E-state index contributed by atoms with van der Waals surface area (Å²) in [5.74, 6) is -0.447. The minimum Gasteiger partial charge on any atom is -0.368 e. The van der Waals surface area contributed by atoms with Gasteiger partial charge in [-0.25, -0.2) is 14.4 Å². The van der Waals surface area contributed by atoms with E-state index < -0.39 is 0 Å². The highest BCUT2D eigenvalue weighted by Gasteiger charge is 2.26. The number of likely N-dealkylation sites (N-methyl/N-ethyl adjacent to an activating group) is 1. The number of hydrogen-bond donors (Lipinski definition) is 1. The standard InChI is InChI=1S/C38H40FN7O2/c1-7-33(47)34-25(3)31(20-24(2)36(34)46-18-16-43(4)17-19-46)41-38-40-21-29(37(48)45(6)22-26-12-14-27(39)15-13-26)35(42-38)30-23-44(5)32-11-9-8-10-28(30)32/h7-15,20-21,23H,1,16-19,22H2,2-6H3,(H,40,41,42). The Hall–Kier alpha value is -5.35. The van der Waals surface area contributed by atoms with Crippen molar-refractivity contribution in [3.8, 4) is 11.3 Å². The molecule has 0 aliphatic carbocycles. The number of hydrogen-bond acceptors (Lipinski definition) is 7. The molecule has 246 valence electrons. The van der Waals surface area contributed by atoms with E-state index in [2.05, 4.69) is 33.7 Å². The Bertz CT molecular complexity index is 2030. The van der Waals surface area contributed by atoms with Gasteiger partial charge in [-0.1, -0.05) is 36.9 Å². The van der Waals surface area contributed by atoms with Crippen LogP contribution in [0.15, 0.2) is 79.6 Å². The Balaban J connectivity index is 1.42. The molecule has 0 bridgehead atoms. The zero-order valence-corrected chi connectivity index (χ0v) is 28.0. The van der Waals surface area contributed by atoms with Crippen molar-refractivity contribution < 1.29 is 14.0 Å². The molecule has 3 heterocycles. The molecule has 3 aromatic carbocycles. The highest BCUT2D eigenvalue weighted by molar-refractivity contribution is 6.11. The summed E-state index contributed by atoms with van der Waals surface area (Å²) < 4.78 is 15.5. The number of amides is 1. The van der Waals surface area contributed by atoms with Gasteiger partial charge in [0.05, 0.1) is 22.5 Å². The van der Waals surface area contributed by atoms with Crippen LogP contribution in [-0.4, -0.2) is 76.3 Å². The van der Waals surface area contributed by atoms with Gasteiger partial charge >= 0.3 is 0 Å². The van der Waals surface area contributed by atoms with Crippen LogP contribution in [0.25, 0.3) is 22.2 Å². The number of aryl methyl sites for hydroxylation is 2. The van der Waals surface area contributed by atoms with E-state index in [9.17, 15) is 14.0 Å². The SMILES string of the molecule is C=CC(=O)c1c(C)c(Nc2ncc(C(=O)N(C)Cc3ccc(F)cc3)c(-c3cn(C)c4ccccc34)n2)cc(C)c1N1CCN(C)CC1. The number of ketones is 1. The largest absolute Gasteiger partial charge is 0.368 e. The predicted molar refractivity (Wildman–Crippen MR) is 190 cm³/mol. The van der Waals surface area contributed by atoms with Crippen LogP contribution < -0.4 is 10.2 Å². The van der Waals surface area contributed by atoms with Crippen LogP contribution in [0.1, 0.15) is 37.4 Å². The first-order chi connectivity index (χ1) is 23.0. The average molecular weight is 646 g/mol. The molecule has 2 aromatic heterocycles. The first-order valence-electron chi connectivity index (χ1n) is 16.0. The second-order valence-corrected chi connectivity index (χ2v) is 12.5. The Morgan fingerprint density at radius 1 is 1.04 bits per heavy atom. The fraction of sp³-hybridized carbons (Fsp3) is 0.263. The van der Waals surface area contributed by atoms with Gasteiger partial charge in [-0.3, -0.25) is 9.59 Å². The molecule has 0 spiro atoms. The van der Waals surface area contributed by atoms with E-state index >= 15 is 0 Å². The fourth-order valence-corrected chi connectivity index (χ4v) is 6.47. The summed E-state index contributed by atoms with van der Waals surface area (Å²) in [6.45, 7) is 11.5. The molecule has 0 atom stereocenters. The van der Waals surface area contributed by atoms with Crippen molar-refractivity contribution in [1.29, 1.82) is 0 Å². The van der Waals surface area contributed by atoms with E-state index in [0.717, 1.165) is 65.0 Å². The molecule has 9 nitrogen and oxygen atoms in total. The first kappa shape index (κ1) is 32.6. The Labute approximate surface area is 280 Å². The summed E-state index contributed by atoms with van der Waals surface area (Å²) in [7, 11) is 5.77. The van der Waals surface area contributed by atoms with Gasteiger partial charge in [0.25, 0.3) is 5.91 Å². The lowest BCUT2D eigenvalue weighted by molar-refractivity contribution is 0.0785. The van der Waals surface area contributed by atoms with Crippen LogP contribution in [0.5, 0.6) is 0 Å². The number of carbonyl (C=O) groups is 2. The van der Waals surface area contributed by atoms with Crippen LogP contribution >= 0.6 is 0 Å².